The number of carbonyl (C=O) groups is 1. The van der Waals surface area contributed by atoms with Crippen LogP contribution in [0.4, 0.5) is 0 Å². The zero-order chi connectivity index (χ0) is 14.2. The average Bonchev–Trinajstić information content (AvgIpc) is 2.26. The van der Waals surface area contributed by atoms with Crippen LogP contribution in [0.15, 0.2) is 30.3 Å². The van der Waals surface area contributed by atoms with Gasteiger partial charge in [0.15, 0.2) is 5.78 Å². The van der Waals surface area contributed by atoms with Gasteiger partial charge in [-0.3, -0.25) is 4.79 Å². The number of hydrogen-bond acceptors (Lipinski definition) is 1. The van der Waals surface area contributed by atoms with Gasteiger partial charge in [0, 0.05) is 10.6 Å². The Labute approximate surface area is 131 Å². The van der Waals surface area contributed by atoms with Crippen molar-refractivity contribution in [2.75, 3.05) is 0 Å². The third-order valence-electron chi connectivity index (χ3n) is 2.60. The predicted octanol–water partition coefficient (Wildman–Crippen LogP) is 5.84. The first-order chi connectivity index (χ1) is 8.90. The Morgan fingerprint density at radius 3 is 2.00 bits per heavy atom. The molecule has 5 heteroatoms. The van der Waals surface area contributed by atoms with E-state index in [1.807, 2.05) is 6.92 Å². The lowest BCUT2D eigenvalue weighted by atomic mass is 10.0. The van der Waals surface area contributed by atoms with Crippen LogP contribution >= 0.6 is 46.4 Å². The van der Waals surface area contributed by atoms with Crippen LogP contribution in [0.2, 0.25) is 20.1 Å². The van der Waals surface area contributed by atoms with Crippen molar-refractivity contribution in [2.24, 2.45) is 0 Å². The summed E-state index contributed by atoms with van der Waals surface area (Å²) < 4.78 is 0. The molecule has 2 aromatic rings. The van der Waals surface area contributed by atoms with Crippen LogP contribution in [-0.4, -0.2) is 5.78 Å². The molecule has 0 aliphatic carbocycles. The van der Waals surface area contributed by atoms with E-state index in [2.05, 4.69) is 0 Å². The molecule has 0 unspecified atom stereocenters. The SMILES string of the molecule is Cc1ccc(C(=O)c2c(Cl)cc(Cl)cc2Cl)c(Cl)c1. The summed E-state index contributed by atoms with van der Waals surface area (Å²) in [4.78, 5) is 12.4. The highest BCUT2D eigenvalue weighted by atomic mass is 35.5. The first kappa shape index (κ1) is 14.7. The molecule has 2 aromatic carbocycles. The lowest BCUT2D eigenvalue weighted by molar-refractivity contribution is 0.103. The summed E-state index contributed by atoms with van der Waals surface area (Å²) in [5, 5.41) is 1.16. The quantitative estimate of drug-likeness (QED) is 0.631. The molecule has 1 nitrogen and oxygen atoms in total. The second-order valence-electron chi connectivity index (χ2n) is 4.06. The molecule has 0 aromatic heterocycles. The Morgan fingerprint density at radius 2 is 1.47 bits per heavy atom. The predicted molar refractivity (Wildman–Crippen MR) is 81.1 cm³/mol. The summed E-state index contributed by atoms with van der Waals surface area (Å²) in [7, 11) is 0. The van der Waals surface area contributed by atoms with Crippen molar-refractivity contribution in [3.63, 3.8) is 0 Å². The van der Waals surface area contributed by atoms with Gasteiger partial charge < -0.3 is 0 Å². The topological polar surface area (TPSA) is 17.1 Å². The lowest BCUT2D eigenvalue weighted by Gasteiger charge is -2.09. The number of carbonyl (C=O) groups excluding carboxylic acids is 1. The van der Waals surface area contributed by atoms with Crippen LogP contribution in [0, 0.1) is 6.92 Å². The number of hydrogen-bond donors (Lipinski definition) is 0. The van der Waals surface area contributed by atoms with Gasteiger partial charge in [0.05, 0.1) is 20.6 Å². The Bertz CT molecular complexity index is 641. The maximum atomic E-state index is 12.4. The van der Waals surface area contributed by atoms with Crippen molar-refractivity contribution in [3.8, 4) is 0 Å². The molecule has 0 spiro atoms. The van der Waals surface area contributed by atoms with Gasteiger partial charge in [0.2, 0.25) is 0 Å². The monoisotopic (exact) mass is 332 g/mol. The molecule has 0 N–H and O–H groups in total. The van der Waals surface area contributed by atoms with Crippen LogP contribution in [-0.2, 0) is 0 Å². The van der Waals surface area contributed by atoms with Crippen LogP contribution in [0.5, 0.6) is 0 Å². The van der Waals surface area contributed by atoms with Crippen molar-refractivity contribution < 1.29 is 4.79 Å². The molecule has 0 fully saturated rings. The van der Waals surface area contributed by atoms with E-state index in [0.29, 0.717) is 15.6 Å². The fourth-order valence-electron chi connectivity index (χ4n) is 1.70. The standard InChI is InChI=1S/C14H8Cl4O/c1-7-2-3-9(10(16)4-7)14(19)13-11(17)5-8(15)6-12(13)18/h2-6H,1H3. The molecule has 0 amide bonds. The van der Waals surface area contributed by atoms with E-state index in [4.69, 9.17) is 46.4 Å². The molecule has 0 aliphatic heterocycles. The summed E-state index contributed by atoms with van der Waals surface area (Å²) in [5.74, 6) is -0.323. The minimum Gasteiger partial charge on any atom is -0.288 e. The van der Waals surface area contributed by atoms with E-state index in [-0.39, 0.29) is 21.4 Å². The minimum atomic E-state index is -0.323. The minimum absolute atomic E-state index is 0.207. The van der Waals surface area contributed by atoms with Crippen LogP contribution in [0.3, 0.4) is 0 Å². The van der Waals surface area contributed by atoms with E-state index in [0.717, 1.165) is 5.56 Å². The van der Waals surface area contributed by atoms with Gasteiger partial charge in [0.25, 0.3) is 0 Å². The van der Waals surface area contributed by atoms with E-state index in [9.17, 15) is 4.79 Å². The molecule has 0 saturated carbocycles. The third kappa shape index (κ3) is 3.06. The maximum Gasteiger partial charge on any atom is 0.197 e. The third-order valence-corrected chi connectivity index (χ3v) is 3.73. The van der Waals surface area contributed by atoms with E-state index < -0.39 is 0 Å². The van der Waals surface area contributed by atoms with Gasteiger partial charge in [-0.2, -0.15) is 0 Å². The van der Waals surface area contributed by atoms with E-state index >= 15 is 0 Å². The molecular formula is C14H8Cl4O. The van der Waals surface area contributed by atoms with Gasteiger partial charge in [-0.1, -0.05) is 52.5 Å². The van der Waals surface area contributed by atoms with Gasteiger partial charge >= 0.3 is 0 Å². The second kappa shape index (κ2) is 5.72. The molecule has 0 atom stereocenters. The molecule has 19 heavy (non-hydrogen) atoms. The van der Waals surface area contributed by atoms with Gasteiger partial charge in [-0.15, -0.1) is 0 Å². The van der Waals surface area contributed by atoms with Crippen molar-refractivity contribution in [1.29, 1.82) is 0 Å². The Balaban J connectivity index is 2.56. The zero-order valence-electron chi connectivity index (χ0n) is 9.81. The number of rotatable bonds is 2. The Kier molecular flexibility index (Phi) is 4.42. The zero-order valence-corrected chi connectivity index (χ0v) is 12.8. The summed E-state index contributed by atoms with van der Waals surface area (Å²) in [5.41, 5.74) is 1.53. The van der Waals surface area contributed by atoms with Crippen LogP contribution in [0.1, 0.15) is 21.5 Å². The van der Waals surface area contributed by atoms with Crippen molar-refractivity contribution in [2.45, 2.75) is 6.92 Å². The smallest absolute Gasteiger partial charge is 0.197 e. The number of ketones is 1. The molecule has 98 valence electrons. The maximum absolute atomic E-state index is 12.4. The first-order valence-electron chi connectivity index (χ1n) is 5.35. The Morgan fingerprint density at radius 1 is 0.895 bits per heavy atom. The van der Waals surface area contributed by atoms with Crippen LogP contribution < -0.4 is 0 Å². The number of halogens is 4. The van der Waals surface area contributed by atoms with E-state index in [1.165, 1.54) is 12.1 Å². The normalized spacial score (nSPS) is 10.6. The highest BCUT2D eigenvalue weighted by molar-refractivity contribution is 6.44. The Hall–Kier alpha value is -0.730. The second-order valence-corrected chi connectivity index (χ2v) is 5.71. The molecule has 0 heterocycles. The van der Waals surface area contributed by atoms with Gasteiger partial charge in [-0.05, 0) is 36.8 Å². The van der Waals surface area contributed by atoms with Crippen molar-refractivity contribution in [1.82, 2.24) is 0 Å². The lowest BCUT2D eigenvalue weighted by Crippen LogP contribution is -2.04. The fourth-order valence-corrected chi connectivity index (χ4v) is 3.01. The molecule has 0 saturated heterocycles. The summed E-state index contributed by atoms with van der Waals surface area (Å²) in [6, 6.07) is 8.12. The van der Waals surface area contributed by atoms with Gasteiger partial charge in [-0.25, -0.2) is 0 Å². The number of benzene rings is 2. The molecule has 0 bridgehead atoms. The number of aryl methyl sites for hydroxylation is 1. The van der Waals surface area contributed by atoms with Crippen molar-refractivity contribution in [3.05, 3.63) is 67.1 Å². The summed E-state index contributed by atoms with van der Waals surface area (Å²) >= 11 is 24.0. The van der Waals surface area contributed by atoms with Crippen molar-refractivity contribution >= 4 is 52.2 Å². The molecule has 2 rings (SSSR count). The fraction of sp³-hybridized carbons (Fsp3) is 0.0714. The van der Waals surface area contributed by atoms with Gasteiger partial charge in [0.1, 0.15) is 0 Å². The molecule has 0 aliphatic rings. The molecular weight excluding hydrogens is 326 g/mol. The largest absolute Gasteiger partial charge is 0.288 e. The summed E-state index contributed by atoms with van der Waals surface area (Å²) in [6.45, 7) is 1.89. The molecule has 0 radical (unpaired) electrons. The highest BCUT2D eigenvalue weighted by Gasteiger charge is 2.19. The first-order valence-corrected chi connectivity index (χ1v) is 6.86. The van der Waals surface area contributed by atoms with E-state index in [1.54, 1.807) is 18.2 Å². The van der Waals surface area contributed by atoms with Crippen LogP contribution in [0.25, 0.3) is 0 Å². The summed E-state index contributed by atoms with van der Waals surface area (Å²) in [6.07, 6.45) is 0. The highest BCUT2D eigenvalue weighted by Crippen LogP contribution is 2.32. The average molecular weight is 334 g/mol.